The maximum Gasteiger partial charge on any atom is 0.191 e. The van der Waals surface area contributed by atoms with Crippen LogP contribution in [0.4, 0.5) is 0 Å². The van der Waals surface area contributed by atoms with Crippen molar-refractivity contribution in [2.45, 2.75) is 52.2 Å². The number of rotatable bonds is 9. The lowest BCUT2D eigenvalue weighted by Gasteiger charge is -2.54. The summed E-state index contributed by atoms with van der Waals surface area (Å²) in [5, 5.41) is 7.14. The van der Waals surface area contributed by atoms with Crippen molar-refractivity contribution in [1.82, 2.24) is 10.6 Å². The van der Waals surface area contributed by atoms with Crippen LogP contribution in [0.2, 0.25) is 0 Å². The first-order valence-electron chi connectivity index (χ1n) is 9.89. The van der Waals surface area contributed by atoms with Crippen LogP contribution in [0, 0.1) is 11.3 Å². The van der Waals surface area contributed by atoms with Gasteiger partial charge in [0.25, 0.3) is 0 Å². The topological polar surface area (TPSA) is 68.0 Å². The minimum absolute atomic E-state index is 0.135. The van der Waals surface area contributed by atoms with Crippen LogP contribution in [0.5, 0.6) is 0 Å². The van der Waals surface area contributed by atoms with Gasteiger partial charge in [-0.05, 0) is 31.9 Å². The van der Waals surface area contributed by atoms with Crippen LogP contribution < -0.4 is 10.6 Å². The summed E-state index contributed by atoms with van der Waals surface area (Å²) in [5.41, 5.74) is 0.135. The third kappa shape index (κ3) is 4.41. The molecule has 6 heteroatoms. The first-order chi connectivity index (χ1) is 12.6. The van der Waals surface area contributed by atoms with Gasteiger partial charge in [-0.2, -0.15) is 0 Å². The number of guanidine groups is 1. The fourth-order valence-electron chi connectivity index (χ4n) is 4.18. The lowest BCUT2D eigenvalue weighted by molar-refractivity contribution is -0.106. The number of nitrogens with one attached hydrogen (secondary N) is 2. The number of furan rings is 1. The van der Waals surface area contributed by atoms with E-state index in [-0.39, 0.29) is 5.41 Å². The zero-order chi connectivity index (χ0) is 18.4. The number of ether oxygens (including phenoxy) is 2. The molecule has 146 valence electrons. The molecule has 0 aromatic carbocycles. The largest absolute Gasteiger partial charge is 0.469 e. The predicted octanol–water partition coefficient (Wildman–Crippen LogP) is 2.60. The molecule has 3 atom stereocenters. The third-order valence-corrected chi connectivity index (χ3v) is 5.56. The zero-order valence-electron chi connectivity index (χ0n) is 16.3. The molecule has 1 aromatic rings. The SMILES string of the molecule is CCOCCCN=C(NCCc1ccco1)NC1C2CCOC2C1(C)C. The Morgan fingerprint density at radius 2 is 2.31 bits per heavy atom. The maximum atomic E-state index is 5.91. The molecule has 0 spiro atoms. The van der Waals surface area contributed by atoms with Crippen molar-refractivity contribution in [3.63, 3.8) is 0 Å². The van der Waals surface area contributed by atoms with Gasteiger partial charge in [0.1, 0.15) is 5.76 Å². The Kier molecular flexibility index (Phi) is 6.59. The smallest absolute Gasteiger partial charge is 0.191 e. The highest BCUT2D eigenvalue weighted by atomic mass is 16.5. The van der Waals surface area contributed by atoms with Gasteiger partial charge in [0.15, 0.2) is 5.96 Å². The molecule has 1 aliphatic heterocycles. The van der Waals surface area contributed by atoms with Gasteiger partial charge in [0.2, 0.25) is 0 Å². The summed E-state index contributed by atoms with van der Waals surface area (Å²) in [4.78, 5) is 4.76. The molecule has 0 bridgehead atoms. The molecule has 3 unspecified atom stereocenters. The van der Waals surface area contributed by atoms with Crippen LogP contribution in [0.1, 0.15) is 39.4 Å². The Bertz CT molecular complexity index is 571. The Morgan fingerprint density at radius 1 is 1.42 bits per heavy atom. The molecule has 1 saturated heterocycles. The molecule has 1 aromatic heterocycles. The molecule has 6 nitrogen and oxygen atoms in total. The Balaban J connectivity index is 1.54. The summed E-state index contributed by atoms with van der Waals surface area (Å²) in [7, 11) is 0. The van der Waals surface area contributed by atoms with E-state index in [9.17, 15) is 0 Å². The molecule has 2 fully saturated rings. The summed E-state index contributed by atoms with van der Waals surface area (Å²) < 4.78 is 16.7. The highest BCUT2D eigenvalue weighted by molar-refractivity contribution is 5.80. The van der Waals surface area contributed by atoms with E-state index in [4.69, 9.17) is 18.9 Å². The average Bonchev–Trinajstić information content (AvgIpc) is 3.29. The molecular formula is C20H33N3O3. The van der Waals surface area contributed by atoms with Gasteiger partial charge >= 0.3 is 0 Å². The Labute approximate surface area is 156 Å². The van der Waals surface area contributed by atoms with E-state index in [2.05, 4.69) is 24.5 Å². The molecule has 0 amide bonds. The van der Waals surface area contributed by atoms with E-state index < -0.39 is 0 Å². The van der Waals surface area contributed by atoms with Gasteiger partial charge in [-0.25, -0.2) is 0 Å². The highest BCUT2D eigenvalue weighted by Gasteiger charge is 2.59. The zero-order valence-corrected chi connectivity index (χ0v) is 16.3. The quantitative estimate of drug-likeness (QED) is 0.401. The van der Waals surface area contributed by atoms with Crippen molar-refractivity contribution < 1.29 is 13.9 Å². The normalized spacial score (nSPS) is 27.0. The highest BCUT2D eigenvalue weighted by Crippen LogP contribution is 2.52. The number of hydrogen-bond acceptors (Lipinski definition) is 4. The number of nitrogens with zero attached hydrogens (tertiary/aromatic N) is 1. The number of fused-ring (bicyclic) bond motifs is 1. The summed E-state index contributed by atoms with van der Waals surface area (Å²) >= 11 is 0. The van der Waals surface area contributed by atoms with Crippen LogP contribution in [-0.2, 0) is 15.9 Å². The third-order valence-electron chi connectivity index (χ3n) is 5.56. The fraction of sp³-hybridized carbons (Fsp3) is 0.750. The molecule has 2 aliphatic rings. The lowest BCUT2D eigenvalue weighted by Crippen LogP contribution is -2.68. The van der Waals surface area contributed by atoms with Crippen molar-refractivity contribution >= 4 is 5.96 Å². The molecule has 0 radical (unpaired) electrons. The van der Waals surface area contributed by atoms with Gasteiger partial charge in [-0.1, -0.05) is 13.8 Å². The second-order valence-electron chi connectivity index (χ2n) is 7.72. The first-order valence-corrected chi connectivity index (χ1v) is 9.89. The van der Waals surface area contributed by atoms with E-state index in [0.717, 1.165) is 63.9 Å². The summed E-state index contributed by atoms with van der Waals surface area (Å²) in [6.07, 6.45) is 5.00. The van der Waals surface area contributed by atoms with E-state index in [1.54, 1.807) is 6.26 Å². The Hall–Kier alpha value is -1.53. The minimum atomic E-state index is 0.135. The standard InChI is InChI=1S/C20H33N3O3/c1-4-24-12-6-10-21-19(22-11-8-15-7-5-13-25-15)23-17-16-9-14-26-18(16)20(17,2)3/h5,7,13,16-18H,4,6,8-12,14H2,1-3H3,(H2,21,22,23). The second kappa shape index (κ2) is 8.91. The monoisotopic (exact) mass is 363 g/mol. The van der Waals surface area contributed by atoms with E-state index >= 15 is 0 Å². The minimum Gasteiger partial charge on any atom is -0.469 e. The van der Waals surface area contributed by atoms with Crippen LogP contribution >= 0.6 is 0 Å². The fourth-order valence-corrected chi connectivity index (χ4v) is 4.18. The second-order valence-corrected chi connectivity index (χ2v) is 7.72. The van der Waals surface area contributed by atoms with Crippen molar-refractivity contribution in [3.05, 3.63) is 24.2 Å². The van der Waals surface area contributed by atoms with Crippen molar-refractivity contribution in [3.8, 4) is 0 Å². The van der Waals surface area contributed by atoms with Crippen molar-refractivity contribution in [2.24, 2.45) is 16.3 Å². The molecule has 26 heavy (non-hydrogen) atoms. The van der Waals surface area contributed by atoms with Crippen molar-refractivity contribution in [2.75, 3.05) is 32.9 Å². The summed E-state index contributed by atoms with van der Waals surface area (Å²) in [6, 6.07) is 4.33. The molecule has 3 rings (SSSR count). The summed E-state index contributed by atoms with van der Waals surface area (Å²) in [6.45, 7) is 10.5. The number of hydrogen-bond donors (Lipinski definition) is 2. The first kappa shape index (κ1) is 19.2. The van der Waals surface area contributed by atoms with Gasteiger partial charge in [0, 0.05) is 56.7 Å². The van der Waals surface area contributed by atoms with E-state index in [1.165, 1.54) is 0 Å². The lowest BCUT2D eigenvalue weighted by atomic mass is 9.57. The van der Waals surface area contributed by atoms with Gasteiger partial charge in [-0.15, -0.1) is 0 Å². The van der Waals surface area contributed by atoms with E-state index in [0.29, 0.717) is 18.1 Å². The van der Waals surface area contributed by atoms with Crippen LogP contribution in [0.25, 0.3) is 0 Å². The van der Waals surface area contributed by atoms with Crippen LogP contribution in [0.15, 0.2) is 27.8 Å². The number of aliphatic imine (C=N–C) groups is 1. The Morgan fingerprint density at radius 3 is 3.08 bits per heavy atom. The van der Waals surface area contributed by atoms with Crippen LogP contribution in [-0.4, -0.2) is 51.0 Å². The van der Waals surface area contributed by atoms with Gasteiger partial charge < -0.3 is 24.5 Å². The van der Waals surface area contributed by atoms with Crippen LogP contribution in [0.3, 0.4) is 0 Å². The van der Waals surface area contributed by atoms with Gasteiger partial charge in [0.05, 0.1) is 12.4 Å². The van der Waals surface area contributed by atoms with Gasteiger partial charge in [-0.3, -0.25) is 4.99 Å². The van der Waals surface area contributed by atoms with E-state index in [1.807, 2.05) is 19.1 Å². The molecular weight excluding hydrogens is 330 g/mol. The van der Waals surface area contributed by atoms with Crippen molar-refractivity contribution in [1.29, 1.82) is 0 Å². The molecule has 2 N–H and O–H groups in total. The molecule has 2 heterocycles. The summed E-state index contributed by atoms with van der Waals surface area (Å²) in [5.74, 6) is 2.46. The molecule has 1 aliphatic carbocycles. The molecule has 1 saturated carbocycles. The average molecular weight is 364 g/mol. The predicted molar refractivity (Wildman–Crippen MR) is 102 cm³/mol. The maximum absolute atomic E-state index is 5.91.